The van der Waals surface area contributed by atoms with Gasteiger partial charge in [-0.3, -0.25) is 13.9 Å². The third-order valence-electron chi connectivity index (χ3n) is 3.15. The maximum absolute atomic E-state index is 13.4. The maximum Gasteiger partial charge on any atom is 0.319 e. The van der Waals surface area contributed by atoms with Gasteiger partial charge in [-0.25, -0.2) is 18.7 Å². The van der Waals surface area contributed by atoms with Crippen LogP contribution in [0.4, 0.5) is 17.6 Å². The highest BCUT2D eigenvalue weighted by molar-refractivity contribution is 5.74. The molecule has 0 N–H and O–H groups in total. The van der Waals surface area contributed by atoms with Gasteiger partial charge in [0.2, 0.25) is 0 Å². The predicted molar refractivity (Wildman–Crippen MR) is 68.5 cm³/mol. The summed E-state index contributed by atoms with van der Waals surface area (Å²) < 4.78 is 53.8. The Bertz CT molecular complexity index is 903. The Kier molecular flexibility index (Phi) is 3.39. The van der Waals surface area contributed by atoms with Crippen molar-refractivity contribution in [2.45, 2.75) is 13.1 Å². The van der Waals surface area contributed by atoms with Gasteiger partial charge in [0.05, 0.1) is 23.8 Å². The van der Waals surface area contributed by atoms with E-state index in [2.05, 4.69) is 9.97 Å². The van der Waals surface area contributed by atoms with Crippen LogP contribution in [0.5, 0.6) is 0 Å². The molecule has 0 aliphatic carbocycles. The Morgan fingerprint density at radius 3 is 2.59 bits per heavy atom. The molecule has 0 aliphatic heterocycles. The zero-order valence-corrected chi connectivity index (χ0v) is 10.9. The molecule has 0 amide bonds. The van der Waals surface area contributed by atoms with E-state index < -0.39 is 23.7 Å². The van der Waals surface area contributed by atoms with Crippen LogP contribution in [0.15, 0.2) is 35.5 Å². The van der Waals surface area contributed by atoms with Crippen molar-refractivity contribution in [1.29, 1.82) is 0 Å². The molecule has 0 fully saturated rings. The van der Waals surface area contributed by atoms with Crippen molar-refractivity contribution in [1.82, 2.24) is 19.1 Å². The molecule has 0 atom stereocenters. The van der Waals surface area contributed by atoms with Crippen molar-refractivity contribution in [3.05, 3.63) is 58.5 Å². The molecule has 22 heavy (non-hydrogen) atoms. The molecule has 3 aromatic rings. The lowest BCUT2D eigenvalue weighted by atomic mass is 10.2. The van der Waals surface area contributed by atoms with E-state index in [1.807, 2.05) is 0 Å². The number of fused-ring (bicyclic) bond motifs is 1. The Morgan fingerprint density at radius 2 is 1.86 bits per heavy atom. The fraction of sp³-hybridized carbons (Fsp3) is 0.154. The standard InChI is InChI=1S/C13H8F4N4O/c14-7-3-9-10(4-8(7)15)21(12(22)5-19-9)6-11-18-1-2-20(11)13(16)17/h1-5,13H,6H2. The van der Waals surface area contributed by atoms with Crippen molar-refractivity contribution in [2.75, 3.05) is 0 Å². The number of halogens is 4. The van der Waals surface area contributed by atoms with Crippen LogP contribution < -0.4 is 5.56 Å². The van der Waals surface area contributed by atoms with Crippen molar-refractivity contribution in [3.8, 4) is 0 Å². The maximum atomic E-state index is 13.4. The Labute approximate surface area is 120 Å². The van der Waals surface area contributed by atoms with Gasteiger partial charge in [0.15, 0.2) is 11.6 Å². The summed E-state index contributed by atoms with van der Waals surface area (Å²) >= 11 is 0. The van der Waals surface area contributed by atoms with Crippen LogP contribution in [0.2, 0.25) is 0 Å². The molecule has 0 spiro atoms. The number of benzene rings is 1. The van der Waals surface area contributed by atoms with Gasteiger partial charge in [-0.2, -0.15) is 8.78 Å². The number of rotatable bonds is 3. The van der Waals surface area contributed by atoms with Gasteiger partial charge in [-0.1, -0.05) is 0 Å². The van der Waals surface area contributed by atoms with Crippen molar-refractivity contribution < 1.29 is 17.6 Å². The summed E-state index contributed by atoms with van der Waals surface area (Å²) in [5, 5.41) is 0. The molecule has 2 heterocycles. The largest absolute Gasteiger partial charge is 0.319 e. The Morgan fingerprint density at radius 1 is 1.14 bits per heavy atom. The lowest BCUT2D eigenvalue weighted by Crippen LogP contribution is -2.23. The summed E-state index contributed by atoms with van der Waals surface area (Å²) in [5.41, 5.74) is -0.605. The van der Waals surface area contributed by atoms with Crippen LogP contribution >= 0.6 is 0 Å². The molecule has 0 saturated heterocycles. The van der Waals surface area contributed by atoms with Crippen LogP contribution in [0.1, 0.15) is 12.4 Å². The van der Waals surface area contributed by atoms with E-state index in [0.717, 1.165) is 35.3 Å². The lowest BCUT2D eigenvalue weighted by Gasteiger charge is -2.11. The minimum absolute atomic E-state index is 0.00443. The first-order valence-corrected chi connectivity index (χ1v) is 6.12. The van der Waals surface area contributed by atoms with Crippen molar-refractivity contribution >= 4 is 11.0 Å². The molecule has 1 aromatic carbocycles. The second-order valence-electron chi connectivity index (χ2n) is 4.47. The fourth-order valence-electron chi connectivity index (χ4n) is 2.11. The second-order valence-corrected chi connectivity index (χ2v) is 4.47. The van der Waals surface area contributed by atoms with Crippen molar-refractivity contribution in [3.63, 3.8) is 0 Å². The van der Waals surface area contributed by atoms with Crippen LogP contribution in [0.3, 0.4) is 0 Å². The van der Waals surface area contributed by atoms with E-state index in [-0.39, 0.29) is 23.4 Å². The summed E-state index contributed by atoms with van der Waals surface area (Å²) in [5.74, 6) is -2.36. The molecule has 0 unspecified atom stereocenters. The van der Waals surface area contributed by atoms with Gasteiger partial charge in [0, 0.05) is 24.5 Å². The lowest BCUT2D eigenvalue weighted by molar-refractivity contribution is 0.0667. The normalized spacial score (nSPS) is 11.5. The van der Waals surface area contributed by atoms with Crippen LogP contribution in [0, 0.1) is 11.6 Å². The number of hydrogen-bond donors (Lipinski definition) is 0. The molecular formula is C13H8F4N4O. The number of aromatic nitrogens is 4. The van der Waals surface area contributed by atoms with Gasteiger partial charge >= 0.3 is 6.55 Å². The summed E-state index contributed by atoms with van der Waals surface area (Å²) in [6.45, 7) is -3.14. The second kappa shape index (κ2) is 5.24. The molecule has 5 nitrogen and oxygen atoms in total. The highest BCUT2D eigenvalue weighted by Crippen LogP contribution is 2.17. The SMILES string of the molecule is O=c1cnc2cc(F)c(F)cc2n1Cc1nccn1C(F)F. The minimum atomic E-state index is -2.82. The predicted octanol–water partition coefficient (Wildman–Crippen LogP) is 2.31. The van der Waals surface area contributed by atoms with Gasteiger partial charge in [-0.15, -0.1) is 0 Å². The molecule has 2 aromatic heterocycles. The van der Waals surface area contributed by atoms with Gasteiger partial charge < -0.3 is 0 Å². The van der Waals surface area contributed by atoms with E-state index in [1.54, 1.807) is 0 Å². The van der Waals surface area contributed by atoms with Gasteiger partial charge in [0.1, 0.15) is 5.82 Å². The first-order valence-electron chi connectivity index (χ1n) is 6.12. The molecular weight excluding hydrogens is 304 g/mol. The summed E-state index contributed by atoms with van der Waals surface area (Å²) in [7, 11) is 0. The number of hydrogen-bond acceptors (Lipinski definition) is 3. The molecule has 0 bridgehead atoms. The Balaban J connectivity index is 2.18. The smallest absolute Gasteiger partial charge is 0.298 e. The monoisotopic (exact) mass is 312 g/mol. The first-order chi connectivity index (χ1) is 10.5. The van der Waals surface area contributed by atoms with E-state index in [1.165, 1.54) is 0 Å². The van der Waals surface area contributed by atoms with Crippen LogP contribution in [-0.2, 0) is 6.54 Å². The molecule has 3 rings (SSSR count). The van der Waals surface area contributed by atoms with Crippen LogP contribution in [0.25, 0.3) is 11.0 Å². The average Bonchev–Trinajstić information content (AvgIpc) is 2.92. The van der Waals surface area contributed by atoms with Crippen LogP contribution in [-0.4, -0.2) is 19.1 Å². The molecule has 114 valence electrons. The minimum Gasteiger partial charge on any atom is -0.298 e. The third kappa shape index (κ3) is 2.34. The molecule has 0 radical (unpaired) electrons. The highest BCUT2D eigenvalue weighted by atomic mass is 19.3. The third-order valence-corrected chi connectivity index (χ3v) is 3.15. The summed E-state index contributed by atoms with van der Waals surface area (Å²) in [6, 6.07) is 1.63. The van der Waals surface area contributed by atoms with E-state index in [9.17, 15) is 22.4 Å². The number of nitrogens with zero attached hydrogens (tertiary/aromatic N) is 4. The zero-order valence-electron chi connectivity index (χ0n) is 10.9. The van der Waals surface area contributed by atoms with E-state index in [0.29, 0.717) is 4.57 Å². The zero-order chi connectivity index (χ0) is 15.9. The molecule has 9 heteroatoms. The number of imidazole rings is 1. The van der Waals surface area contributed by atoms with Gasteiger partial charge in [-0.05, 0) is 0 Å². The topological polar surface area (TPSA) is 52.7 Å². The number of alkyl halides is 2. The quantitative estimate of drug-likeness (QED) is 0.697. The summed E-state index contributed by atoms with van der Waals surface area (Å²) in [4.78, 5) is 19.4. The average molecular weight is 312 g/mol. The van der Waals surface area contributed by atoms with Gasteiger partial charge in [0.25, 0.3) is 5.56 Å². The molecule has 0 aliphatic rings. The fourth-order valence-corrected chi connectivity index (χ4v) is 2.11. The van der Waals surface area contributed by atoms with E-state index in [4.69, 9.17) is 0 Å². The van der Waals surface area contributed by atoms with Crippen molar-refractivity contribution in [2.24, 2.45) is 0 Å². The van der Waals surface area contributed by atoms with E-state index >= 15 is 0 Å². The highest BCUT2D eigenvalue weighted by Gasteiger charge is 2.15. The molecule has 0 saturated carbocycles. The summed E-state index contributed by atoms with van der Waals surface area (Å²) in [6.07, 6.45) is 3.14. The Hall–Kier alpha value is -2.71. The first kappa shape index (κ1) is 14.2.